The van der Waals surface area contributed by atoms with E-state index in [0.717, 1.165) is 0 Å². The summed E-state index contributed by atoms with van der Waals surface area (Å²) in [4.78, 5) is 0. The molecule has 0 bridgehead atoms. The third-order valence-electron chi connectivity index (χ3n) is 2.26. The molecule has 0 saturated heterocycles. The average molecular weight is 182 g/mol. The molecule has 13 heavy (non-hydrogen) atoms. The van der Waals surface area contributed by atoms with Crippen molar-refractivity contribution in [2.75, 3.05) is 0 Å². The van der Waals surface area contributed by atoms with Crippen molar-refractivity contribution in [1.29, 1.82) is 0 Å². The van der Waals surface area contributed by atoms with Crippen LogP contribution in [0.3, 0.4) is 0 Å². The van der Waals surface area contributed by atoms with Crippen molar-refractivity contribution in [3.8, 4) is 0 Å². The fourth-order valence-corrected chi connectivity index (χ4v) is 1.13. The first kappa shape index (κ1) is 14.7. The minimum absolute atomic E-state index is 0. The van der Waals surface area contributed by atoms with Crippen molar-refractivity contribution < 1.29 is 11.0 Å². The highest BCUT2D eigenvalue weighted by Crippen LogP contribution is 2.16. The van der Waals surface area contributed by atoms with Crippen LogP contribution >= 0.6 is 0 Å². The van der Waals surface area contributed by atoms with Crippen LogP contribution in [0, 0.1) is 0 Å². The highest BCUT2D eigenvalue weighted by atomic mass is 16.0. The Morgan fingerprint density at radius 1 is 1.15 bits per heavy atom. The minimum atomic E-state index is 0. The van der Waals surface area contributed by atoms with Crippen molar-refractivity contribution in [1.82, 2.24) is 0 Å². The highest BCUT2D eigenvalue weighted by Gasteiger charge is 2.00. The van der Waals surface area contributed by atoms with Crippen molar-refractivity contribution in [3.05, 3.63) is 29.8 Å². The van der Waals surface area contributed by atoms with Gasteiger partial charge >= 0.3 is 0 Å². The summed E-state index contributed by atoms with van der Waals surface area (Å²) in [5, 5.41) is 0. The van der Waals surface area contributed by atoms with Gasteiger partial charge in [0.25, 0.3) is 0 Å². The Balaban J connectivity index is 0. The SMILES string of the molecule is Bc1ccc(C(C)CC)cc1.O.O. The summed E-state index contributed by atoms with van der Waals surface area (Å²) in [6.07, 6.45) is 1.23. The van der Waals surface area contributed by atoms with Crippen LogP contribution in [0.4, 0.5) is 0 Å². The van der Waals surface area contributed by atoms with Crippen LogP contribution in [0.2, 0.25) is 0 Å². The van der Waals surface area contributed by atoms with E-state index in [1.54, 1.807) is 0 Å². The van der Waals surface area contributed by atoms with E-state index in [2.05, 4.69) is 46.0 Å². The Labute approximate surface area is 81.0 Å². The Morgan fingerprint density at radius 2 is 1.62 bits per heavy atom. The molecule has 0 spiro atoms. The van der Waals surface area contributed by atoms with Gasteiger partial charge in [0, 0.05) is 0 Å². The molecule has 0 fully saturated rings. The first-order valence-corrected chi connectivity index (χ1v) is 4.30. The van der Waals surface area contributed by atoms with Gasteiger partial charge in [-0.2, -0.15) is 0 Å². The Bertz CT molecular complexity index is 221. The van der Waals surface area contributed by atoms with Crippen LogP contribution in [-0.4, -0.2) is 18.8 Å². The van der Waals surface area contributed by atoms with E-state index in [4.69, 9.17) is 0 Å². The summed E-state index contributed by atoms with van der Waals surface area (Å²) in [5.41, 5.74) is 2.80. The van der Waals surface area contributed by atoms with Crippen molar-refractivity contribution >= 4 is 13.3 Å². The molecule has 0 saturated carbocycles. The van der Waals surface area contributed by atoms with Gasteiger partial charge in [0.15, 0.2) is 0 Å². The molecule has 0 amide bonds. The largest absolute Gasteiger partial charge is 0.412 e. The molecule has 0 aliphatic heterocycles. The van der Waals surface area contributed by atoms with E-state index >= 15 is 0 Å². The molecule has 0 aromatic heterocycles. The monoisotopic (exact) mass is 182 g/mol. The van der Waals surface area contributed by atoms with Crippen LogP contribution in [-0.2, 0) is 0 Å². The van der Waals surface area contributed by atoms with Crippen LogP contribution in [0.15, 0.2) is 24.3 Å². The summed E-state index contributed by atoms with van der Waals surface area (Å²) < 4.78 is 0. The van der Waals surface area contributed by atoms with Gasteiger partial charge in [0.05, 0.1) is 0 Å². The Kier molecular flexibility index (Phi) is 7.57. The lowest BCUT2D eigenvalue weighted by Crippen LogP contribution is -2.01. The third kappa shape index (κ3) is 4.11. The smallest absolute Gasteiger partial charge is 0.139 e. The summed E-state index contributed by atoms with van der Waals surface area (Å²) in [6, 6.07) is 8.82. The predicted octanol–water partition coefficient (Wildman–Crippen LogP) is -0.191. The maximum absolute atomic E-state index is 2.27. The fourth-order valence-electron chi connectivity index (χ4n) is 1.13. The van der Waals surface area contributed by atoms with Gasteiger partial charge in [-0.05, 0) is 17.9 Å². The molecule has 0 aliphatic rings. The van der Waals surface area contributed by atoms with Gasteiger partial charge in [0.1, 0.15) is 7.85 Å². The molecule has 0 aliphatic carbocycles. The quantitative estimate of drug-likeness (QED) is 0.569. The molecular formula is C10H19BO2. The number of rotatable bonds is 2. The molecule has 1 atom stereocenters. The van der Waals surface area contributed by atoms with Gasteiger partial charge in [-0.3, -0.25) is 0 Å². The van der Waals surface area contributed by atoms with Gasteiger partial charge in [-0.25, -0.2) is 0 Å². The van der Waals surface area contributed by atoms with E-state index < -0.39 is 0 Å². The zero-order chi connectivity index (χ0) is 8.27. The lowest BCUT2D eigenvalue weighted by molar-refractivity contribution is 0.734. The molecule has 4 N–H and O–H groups in total. The predicted molar refractivity (Wildman–Crippen MR) is 60.6 cm³/mol. The summed E-state index contributed by atoms with van der Waals surface area (Å²) in [5.74, 6) is 0.704. The molecule has 1 unspecified atom stereocenters. The summed E-state index contributed by atoms with van der Waals surface area (Å²) in [7, 11) is 2.13. The van der Waals surface area contributed by atoms with Crippen LogP contribution in [0.5, 0.6) is 0 Å². The first-order valence-electron chi connectivity index (χ1n) is 4.30. The van der Waals surface area contributed by atoms with Gasteiger partial charge in [-0.1, -0.05) is 43.6 Å². The highest BCUT2D eigenvalue weighted by molar-refractivity contribution is 6.32. The molecule has 1 rings (SSSR count). The second-order valence-electron chi connectivity index (χ2n) is 3.22. The van der Waals surface area contributed by atoms with E-state index in [1.807, 2.05) is 0 Å². The molecule has 74 valence electrons. The molecule has 1 aromatic rings. The molecular weight excluding hydrogens is 163 g/mol. The second-order valence-corrected chi connectivity index (χ2v) is 3.22. The van der Waals surface area contributed by atoms with E-state index in [-0.39, 0.29) is 11.0 Å². The topological polar surface area (TPSA) is 63.0 Å². The zero-order valence-corrected chi connectivity index (χ0v) is 8.59. The summed E-state index contributed by atoms with van der Waals surface area (Å²) in [6.45, 7) is 4.50. The lowest BCUT2D eigenvalue weighted by Gasteiger charge is -2.08. The lowest BCUT2D eigenvalue weighted by atomic mass is 9.91. The minimum Gasteiger partial charge on any atom is -0.412 e. The number of hydrogen-bond acceptors (Lipinski definition) is 0. The normalized spacial score (nSPS) is 10.9. The molecule has 3 heteroatoms. The van der Waals surface area contributed by atoms with Crippen LogP contribution in [0.25, 0.3) is 0 Å². The van der Waals surface area contributed by atoms with Crippen LogP contribution < -0.4 is 5.46 Å². The fraction of sp³-hybridized carbons (Fsp3) is 0.400. The molecule has 1 aromatic carbocycles. The van der Waals surface area contributed by atoms with Gasteiger partial charge < -0.3 is 11.0 Å². The second kappa shape index (κ2) is 6.69. The van der Waals surface area contributed by atoms with E-state index in [0.29, 0.717) is 5.92 Å². The van der Waals surface area contributed by atoms with Gasteiger partial charge in [-0.15, -0.1) is 0 Å². The van der Waals surface area contributed by atoms with Crippen molar-refractivity contribution in [3.63, 3.8) is 0 Å². The molecule has 2 nitrogen and oxygen atoms in total. The number of hydrogen-bond donors (Lipinski definition) is 0. The van der Waals surface area contributed by atoms with Crippen molar-refractivity contribution in [2.45, 2.75) is 26.2 Å². The standard InChI is InChI=1S/C10H15B.2H2O/c1-3-8(2)9-4-6-10(11)7-5-9;;/h4-8H,3,11H2,1-2H3;2*1H2. The Morgan fingerprint density at radius 3 is 2.00 bits per heavy atom. The summed E-state index contributed by atoms with van der Waals surface area (Å²) >= 11 is 0. The maximum atomic E-state index is 2.27. The van der Waals surface area contributed by atoms with Gasteiger partial charge in [0.2, 0.25) is 0 Å². The molecule has 0 heterocycles. The number of benzene rings is 1. The average Bonchev–Trinajstić information content (AvgIpc) is 2.05. The zero-order valence-electron chi connectivity index (χ0n) is 8.59. The maximum Gasteiger partial charge on any atom is 0.139 e. The van der Waals surface area contributed by atoms with E-state index in [9.17, 15) is 0 Å². The van der Waals surface area contributed by atoms with Crippen LogP contribution in [0.1, 0.15) is 31.7 Å². The molecule has 0 radical (unpaired) electrons. The first-order chi connectivity index (χ1) is 5.24. The Hall–Kier alpha value is -0.795. The van der Waals surface area contributed by atoms with Crippen molar-refractivity contribution in [2.24, 2.45) is 0 Å². The third-order valence-corrected chi connectivity index (χ3v) is 2.26. The van der Waals surface area contributed by atoms with E-state index in [1.165, 1.54) is 17.4 Å².